The van der Waals surface area contributed by atoms with Gasteiger partial charge < -0.3 is 24.6 Å². The Kier molecular flexibility index (Phi) is 10.6. The van der Waals surface area contributed by atoms with Crippen LogP contribution in [-0.2, 0) is 16.0 Å². The fraction of sp³-hybridized carbons (Fsp3) is 0.682. The molecule has 0 bridgehead atoms. The number of anilines is 1. The molecule has 2 atom stereocenters. The van der Waals surface area contributed by atoms with Crippen molar-refractivity contribution in [3.63, 3.8) is 0 Å². The fourth-order valence-corrected chi connectivity index (χ4v) is 4.05. The largest absolute Gasteiger partial charge is 0.375 e. The molecule has 2 saturated heterocycles. The minimum Gasteiger partial charge on any atom is -0.375 e. The average Bonchev–Trinajstić information content (AvgIpc) is 3.28. The number of hydrogen-bond donors (Lipinski definition) is 1. The van der Waals surface area contributed by atoms with Crippen LogP contribution in [0.3, 0.4) is 0 Å². The normalized spacial score (nSPS) is 22.0. The molecule has 8 heteroatoms. The van der Waals surface area contributed by atoms with Gasteiger partial charge in [0.2, 0.25) is 0 Å². The van der Waals surface area contributed by atoms with E-state index in [1.165, 1.54) is 0 Å². The lowest BCUT2D eigenvalue weighted by atomic mass is 10.1. The van der Waals surface area contributed by atoms with Gasteiger partial charge in [0.25, 0.3) is 0 Å². The number of benzene rings is 1. The smallest absolute Gasteiger partial charge is 0.194 e. The van der Waals surface area contributed by atoms with Gasteiger partial charge in [-0.25, -0.2) is 9.38 Å². The van der Waals surface area contributed by atoms with Crippen molar-refractivity contribution in [2.45, 2.75) is 52.4 Å². The zero-order valence-electron chi connectivity index (χ0n) is 18.4. The molecule has 0 amide bonds. The number of guanidine groups is 1. The Hall–Kier alpha value is -1.13. The van der Waals surface area contributed by atoms with Crippen LogP contribution in [0.5, 0.6) is 0 Å². The third-order valence-corrected chi connectivity index (χ3v) is 5.64. The second-order valence-corrected chi connectivity index (χ2v) is 7.53. The van der Waals surface area contributed by atoms with Crippen LogP contribution in [0.4, 0.5) is 10.1 Å². The summed E-state index contributed by atoms with van der Waals surface area (Å²) in [5, 5.41) is 3.37. The van der Waals surface area contributed by atoms with Gasteiger partial charge in [-0.15, -0.1) is 24.0 Å². The van der Waals surface area contributed by atoms with E-state index in [0.717, 1.165) is 63.7 Å². The fourth-order valence-electron chi connectivity index (χ4n) is 4.05. The van der Waals surface area contributed by atoms with Crippen molar-refractivity contribution in [3.8, 4) is 0 Å². The molecule has 2 aliphatic heterocycles. The number of ether oxygens (including phenoxy) is 2. The second-order valence-electron chi connectivity index (χ2n) is 7.53. The lowest BCUT2D eigenvalue weighted by molar-refractivity contribution is -0.0817. The van der Waals surface area contributed by atoms with E-state index in [4.69, 9.17) is 14.5 Å². The number of nitrogens with zero attached hydrogens (tertiary/aromatic N) is 3. The van der Waals surface area contributed by atoms with Gasteiger partial charge in [-0.05, 0) is 51.3 Å². The van der Waals surface area contributed by atoms with E-state index in [9.17, 15) is 4.39 Å². The van der Waals surface area contributed by atoms with Crippen molar-refractivity contribution < 1.29 is 13.9 Å². The Balaban J connectivity index is 0.00000320. The molecule has 0 radical (unpaired) electrons. The molecule has 2 fully saturated rings. The Bertz CT molecular complexity index is 681. The van der Waals surface area contributed by atoms with Crippen LogP contribution in [0.1, 0.15) is 39.2 Å². The number of aliphatic imine (C=N–C) groups is 1. The van der Waals surface area contributed by atoms with E-state index in [2.05, 4.69) is 17.1 Å². The molecule has 30 heavy (non-hydrogen) atoms. The van der Waals surface area contributed by atoms with Crippen molar-refractivity contribution in [2.24, 2.45) is 4.99 Å². The zero-order chi connectivity index (χ0) is 20.6. The van der Waals surface area contributed by atoms with Crippen LogP contribution in [0.2, 0.25) is 0 Å². The Morgan fingerprint density at radius 1 is 1.20 bits per heavy atom. The molecule has 1 aromatic carbocycles. The predicted molar refractivity (Wildman–Crippen MR) is 130 cm³/mol. The van der Waals surface area contributed by atoms with Gasteiger partial charge in [-0.3, -0.25) is 0 Å². The van der Waals surface area contributed by atoms with E-state index in [0.29, 0.717) is 18.8 Å². The van der Waals surface area contributed by atoms with E-state index in [-0.39, 0.29) is 42.0 Å². The van der Waals surface area contributed by atoms with Crippen LogP contribution in [-0.4, -0.2) is 69.0 Å². The van der Waals surface area contributed by atoms with Crippen LogP contribution in [0.15, 0.2) is 23.2 Å². The molecular weight excluding hydrogens is 498 g/mol. The summed E-state index contributed by atoms with van der Waals surface area (Å²) < 4.78 is 26.3. The summed E-state index contributed by atoms with van der Waals surface area (Å²) in [5.74, 6) is 0.670. The quantitative estimate of drug-likeness (QED) is 0.329. The van der Waals surface area contributed by atoms with Crippen LogP contribution in [0, 0.1) is 5.82 Å². The highest BCUT2D eigenvalue weighted by atomic mass is 127. The number of rotatable bonds is 7. The number of nitrogens with one attached hydrogen (secondary N) is 1. The first kappa shape index (κ1) is 25.1. The summed E-state index contributed by atoms with van der Waals surface area (Å²) in [5.41, 5.74) is 1.53. The summed E-state index contributed by atoms with van der Waals surface area (Å²) in [7, 11) is 0. The molecule has 1 N–H and O–H groups in total. The maximum Gasteiger partial charge on any atom is 0.194 e. The van der Waals surface area contributed by atoms with Crippen molar-refractivity contribution in [1.29, 1.82) is 0 Å². The van der Waals surface area contributed by atoms with E-state index >= 15 is 0 Å². The van der Waals surface area contributed by atoms with Gasteiger partial charge >= 0.3 is 0 Å². The van der Waals surface area contributed by atoms with Gasteiger partial charge in [0.15, 0.2) is 5.96 Å². The first-order valence-corrected chi connectivity index (χ1v) is 11.0. The van der Waals surface area contributed by atoms with Gasteiger partial charge in [-0.1, -0.05) is 6.07 Å². The molecule has 2 heterocycles. The summed E-state index contributed by atoms with van der Waals surface area (Å²) in [6.07, 6.45) is 2.43. The van der Waals surface area contributed by atoms with Gasteiger partial charge in [0.05, 0.1) is 24.9 Å². The first-order chi connectivity index (χ1) is 14.2. The molecule has 1 aromatic rings. The van der Waals surface area contributed by atoms with Gasteiger partial charge in [-0.2, -0.15) is 0 Å². The van der Waals surface area contributed by atoms with Crippen LogP contribution < -0.4 is 10.2 Å². The minimum atomic E-state index is -0.184. The Morgan fingerprint density at radius 2 is 1.97 bits per heavy atom. The van der Waals surface area contributed by atoms with Crippen LogP contribution in [0.25, 0.3) is 0 Å². The molecule has 0 spiro atoms. The maximum absolute atomic E-state index is 14.6. The number of hydrogen-bond acceptors (Lipinski definition) is 4. The SMILES string of the molecule is CCNC(=NCc1ccc(N(CC)CC)c(F)c1)N1CCOC(C2CCCO2)C1.I. The highest BCUT2D eigenvalue weighted by Crippen LogP contribution is 2.22. The lowest BCUT2D eigenvalue weighted by Crippen LogP contribution is -2.53. The molecule has 6 nitrogen and oxygen atoms in total. The molecule has 0 aromatic heterocycles. The summed E-state index contributed by atoms with van der Waals surface area (Å²) in [6, 6.07) is 5.44. The molecule has 0 saturated carbocycles. The highest BCUT2D eigenvalue weighted by Gasteiger charge is 2.32. The second kappa shape index (κ2) is 12.7. The number of halogens is 2. The average molecular weight is 534 g/mol. The third-order valence-electron chi connectivity index (χ3n) is 5.64. The lowest BCUT2D eigenvalue weighted by Gasteiger charge is -2.37. The molecule has 2 unspecified atom stereocenters. The van der Waals surface area contributed by atoms with Crippen LogP contribution >= 0.6 is 24.0 Å². The third kappa shape index (κ3) is 6.43. The van der Waals surface area contributed by atoms with Gasteiger partial charge in [0.1, 0.15) is 11.9 Å². The predicted octanol–water partition coefficient (Wildman–Crippen LogP) is 3.64. The summed E-state index contributed by atoms with van der Waals surface area (Å²) >= 11 is 0. The van der Waals surface area contributed by atoms with Gasteiger partial charge in [0, 0.05) is 39.3 Å². The van der Waals surface area contributed by atoms with Crippen molar-refractivity contribution in [2.75, 3.05) is 50.8 Å². The maximum atomic E-state index is 14.6. The van der Waals surface area contributed by atoms with Crippen molar-refractivity contribution in [3.05, 3.63) is 29.6 Å². The first-order valence-electron chi connectivity index (χ1n) is 11.0. The molecule has 170 valence electrons. The summed E-state index contributed by atoms with van der Waals surface area (Å²) in [4.78, 5) is 9.03. The summed E-state index contributed by atoms with van der Waals surface area (Å²) in [6.45, 7) is 12.0. The van der Waals surface area contributed by atoms with E-state index < -0.39 is 0 Å². The molecule has 3 rings (SSSR count). The topological polar surface area (TPSA) is 49.3 Å². The highest BCUT2D eigenvalue weighted by molar-refractivity contribution is 14.0. The van der Waals surface area contributed by atoms with Crippen molar-refractivity contribution in [1.82, 2.24) is 10.2 Å². The van der Waals surface area contributed by atoms with Crippen molar-refractivity contribution >= 4 is 35.6 Å². The molecule has 0 aliphatic carbocycles. The molecular formula is C22H36FIN4O2. The van der Waals surface area contributed by atoms with E-state index in [1.54, 1.807) is 6.07 Å². The zero-order valence-corrected chi connectivity index (χ0v) is 20.7. The minimum absolute atomic E-state index is 0. The Labute approximate surface area is 197 Å². The standard InChI is InChI=1S/C22H35FN4O2.HI/c1-4-24-22(27-11-13-29-21(16-27)20-8-7-12-28-20)25-15-17-9-10-19(18(23)14-17)26(5-2)6-3;/h9-10,14,20-21H,4-8,11-13,15-16H2,1-3H3,(H,24,25);1H. The number of morpholine rings is 1. The molecule has 2 aliphatic rings. The Morgan fingerprint density at radius 3 is 2.60 bits per heavy atom. The van der Waals surface area contributed by atoms with E-state index in [1.807, 2.05) is 30.9 Å². The monoisotopic (exact) mass is 534 g/mol.